The number of rotatable bonds is 5. The lowest BCUT2D eigenvalue weighted by Gasteiger charge is -2.17. The topological polar surface area (TPSA) is 109 Å². The molecule has 0 aliphatic carbocycles. The number of hydrogen-bond donors (Lipinski definition) is 3. The zero-order valence-corrected chi connectivity index (χ0v) is 11.0. The maximum absolute atomic E-state index is 11.8. The molecule has 0 fully saturated rings. The number of carbonyl (C=O) groups excluding carboxylic acids is 1. The van der Waals surface area contributed by atoms with Crippen molar-refractivity contribution in [3.05, 3.63) is 29.8 Å². The molecule has 0 aromatic heterocycles. The van der Waals surface area contributed by atoms with E-state index in [1.54, 1.807) is 0 Å². The summed E-state index contributed by atoms with van der Waals surface area (Å²) in [5.74, 6) is -0.622. The Labute approximate surface area is 106 Å². The van der Waals surface area contributed by atoms with Crippen LogP contribution in [0, 0.1) is 0 Å². The molecule has 0 bridgehead atoms. The Morgan fingerprint density at radius 2 is 1.83 bits per heavy atom. The third-order valence-electron chi connectivity index (χ3n) is 2.14. The van der Waals surface area contributed by atoms with Gasteiger partial charge in [-0.05, 0) is 38.1 Å². The molecule has 1 rings (SSSR count). The van der Waals surface area contributed by atoms with Crippen molar-refractivity contribution in [3.8, 4) is 0 Å². The molecule has 0 spiro atoms. The highest BCUT2D eigenvalue weighted by Crippen LogP contribution is 2.11. The minimum Gasteiger partial charge on any atom is -0.389 e. The molecule has 0 radical (unpaired) electrons. The molecule has 0 unspecified atom stereocenters. The van der Waals surface area contributed by atoms with E-state index in [-0.39, 0.29) is 17.0 Å². The van der Waals surface area contributed by atoms with E-state index in [1.165, 1.54) is 38.1 Å². The number of hydrogen-bond acceptors (Lipinski definition) is 4. The van der Waals surface area contributed by atoms with E-state index in [4.69, 9.17) is 5.73 Å². The molecular formula is C11H16N2O4S. The lowest BCUT2D eigenvalue weighted by Crippen LogP contribution is -2.38. The van der Waals surface area contributed by atoms with Gasteiger partial charge in [0.2, 0.25) is 15.9 Å². The standard InChI is InChI=1S/C11H16N2O4S/c1-11(2,15)7-13-18(16,17)9-5-3-8(4-6-9)10(12)14/h3-6,13,15H,7H2,1-2H3,(H2,12,14). The van der Waals surface area contributed by atoms with Crippen molar-refractivity contribution >= 4 is 15.9 Å². The van der Waals surface area contributed by atoms with Crippen molar-refractivity contribution < 1.29 is 18.3 Å². The van der Waals surface area contributed by atoms with E-state index < -0.39 is 21.5 Å². The van der Waals surface area contributed by atoms with E-state index >= 15 is 0 Å². The van der Waals surface area contributed by atoms with Gasteiger partial charge in [-0.15, -0.1) is 0 Å². The Morgan fingerprint density at radius 3 is 2.22 bits per heavy atom. The van der Waals surface area contributed by atoms with Gasteiger partial charge < -0.3 is 10.8 Å². The van der Waals surface area contributed by atoms with E-state index in [1.807, 2.05) is 0 Å². The quantitative estimate of drug-likeness (QED) is 0.691. The molecule has 1 aromatic carbocycles. The fourth-order valence-corrected chi connectivity index (χ4v) is 2.36. The molecule has 0 aliphatic heterocycles. The average Bonchev–Trinajstić information content (AvgIpc) is 2.26. The van der Waals surface area contributed by atoms with Crippen molar-refractivity contribution in [1.29, 1.82) is 0 Å². The zero-order valence-electron chi connectivity index (χ0n) is 10.2. The van der Waals surface area contributed by atoms with Crippen LogP contribution in [0.4, 0.5) is 0 Å². The number of aliphatic hydroxyl groups is 1. The van der Waals surface area contributed by atoms with Gasteiger partial charge in [-0.2, -0.15) is 0 Å². The first-order valence-electron chi connectivity index (χ1n) is 5.24. The number of carbonyl (C=O) groups is 1. The number of nitrogens with two attached hydrogens (primary N) is 1. The molecule has 0 aliphatic rings. The minimum atomic E-state index is -3.70. The van der Waals surface area contributed by atoms with Crippen LogP contribution in [0.25, 0.3) is 0 Å². The second kappa shape index (κ2) is 5.05. The van der Waals surface area contributed by atoms with Crippen LogP contribution < -0.4 is 10.5 Å². The third kappa shape index (κ3) is 4.10. The van der Waals surface area contributed by atoms with Gasteiger partial charge in [-0.3, -0.25) is 4.79 Å². The Morgan fingerprint density at radius 1 is 1.33 bits per heavy atom. The van der Waals surface area contributed by atoms with E-state index in [2.05, 4.69) is 4.72 Å². The van der Waals surface area contributed by atoms with Crippen LogP contribution in [0.15, 0.2) is 29.2 Å². The van der Waals surface area contributed by atoms with E-state index in [0.717, 1.165) is 0 Å². The van der Waals surface area contributed by atoms with Gasteiger partial charge in [0, 0.05) is 12.1 Å². The molecule has 0 saturated carbocycles. The Hall–Kier alpha value is -1.44. The van der Waals surface area contributed by atoms with Gasteiger partial charge in [-0.1, -0.05) is 0 Å². The van der Waals surface area contributed by atoms with Crippen LogP contribution in [-0.2, 0) is 10.0 Å². The SMILES string of the molecule is CC(C)(O)CNS(=O)(=O)c1ccc(C(N)=O)cc1. The summed E-state index contributed by atoms with van der Waals surface area (Å²) < 4.78 is 25.9. The Bertz CT molecular complexity index is 529. The van der Waals surface area contributed by atoms with Gasteiger partial charge in [0.25, 0.3) is 0 Å². The molecule has 18 heavy (non-hydrogen) atoms. The summed E-state index contributed by atoms with van der Waals surface area (Å²) >= 11 is 0. The molecule has 4 N–H and O–H groups in total. The third-order valence-corrected chi connectivity index (χ3v) is 3.56. The first-order valence-corrected chi connectivity index (χ1v) is 6.72. The summed E-state index contributed by atoms with van der Waals surface area (Å²) in [5, 5.41) is 9.46. The Balaban J connectivity index is 2.89. The van der Waals surface area contributed by atoms with Gasteiger partial charge in [0.15, 0.2) is 0 Å². The first kappa shape index (κ1) is 14.6. The summed E-state index contributed by atoms with van der Waals surface area (Å²) in [6, 6.07) is 5.24. The largest absolute Gasteiger partial charge is 0.389 e. The number of primary amides is 1. The molecule has 0 heterocycles. The number of nitrogens with one attached hydrogen (secondary N) is 1. The zero-order chi connectivity index (χ0) is 14.0. The van der Waals surface area contributed by atoms with E-state index in [9.17, 15) is 18.3 Å². The summed E-state index contributed by atoms with van der Waals surface area (Å²) in [4.78, 5) is 10.9. The summed E-state index contributed by atoms with van der Waals surface area (Å²) in [7, 11) is -3.70. The number of amides is 1. The van der Waals surface area contributed by atoms with Crippen molar-refractivity contribution in [2.45, 2.75) is 24.3 Å². The lowest BCUT2D eigenvalue weighted by molar-refractivity contribution is 0.0857. The molecule has 0 atom stereocenters. The number of benzene rings is 1. The van der Waals surface area contributed by atoms with Crippen molar-refractivity contribution in [1.82, 2.24) is 4.72 Å². The summed E-state index contributed by atoms with van der Waals surface area (Å²) in [6.07, 6.45) is 0. The second-order valence-electron chi connectivity index (χ2n) is 4.53. The normalized spacial score (nSPS) is 12.4. The van der Waals surface area contributed by atoms with Crippen LogP contribution in [-0.4, -0.2) is 31.6 Å². The maximum atomic E-state index is 11.8. The van der Waals surface area contributed by atoms with Crippen LogP contribution in [0.3, 0.4) is 0 Å². The van der Waals surface area contributed by atoms with Gasteiger partial charge in [-0.25, -0.2) is 13.1 Å². The predicted molar refractivity (Wildman–Crippen MR) is 66.4 cm³/mol. The Kier molecular flexibility index (Phi) is 4.10. The lowest BCUT2D eigenvalue weighted by atomic mass is 10.1. The molecular weight excluding hydrogens is 256 g/mol. The van der Waals surface area contributed by atoms with Gasteiger partial charge >= 0.3 is 0 Å². The van der Waals surface area contributed by atoms with E-state index in [0.29, 0.717) is 0 Å². The smallest absolute Gasteiger partial charge is 0.248 e. The second-order valence-corrected chi connectivity index (χ2v) is 6.29. The fourth-order valence-electron chi connectivity index (χ4n) is 1.15. The van der Waals surface area contributed by atoms with Crippen molar-refractivity contribution in [2.75, 3.05) is 6.54 Å². The highest BCUT2D eigenvalue weighted by atomic mass is 32.2. The maximum Gasteiger partial charge on any atom is 0.248 e. The molecule has 1 aromatic rings. The fraction of sp³-hybridized carbons (Fsp3) is 0.364. The summed E-state index contributed by atoms with van der Waals surface area (Å²) in [5.41, 5.74) is 4.15. The van der Waals surface area contributed by atoms with Gasteiger partial charge in [0.05, 0.1) is 10.5 Å². The molecule has 6 nitrogen and oxygen atoms in total. The van der Waals surface area contributed by atoms with Crippen molar-refractivity contribution in [3.63, 3.8) is 0 Å². The van der Waals surface area contributed by atoms with Crippen LogP contribution in [0.1, 0.15) is 24.2 Å². The van der Waals surface area contributed by atoms with Crippen molar-refractivity contribution in [2.24, 2.45) is 5.73 Å². The number of sulfonamides is 1. The molecule has 100 valence electrons. The van der Waals surface area contributed by atoms with Crippen LogP contribution in [0.5, 0.6) is 0 Å². The summed E-state index contributed by atoms with van der Waals surface area (Å²) in [6.45, 7) is 2.88. The predicted octanol–water partition coefficient (Wildman–Crippen LogP) is -0.165. The average molecular weight is 272 g/mol. The molecule has 1 amide bonds. The monoisotopic (exact) mass is 272 g/mol. The highest BCUT2D eigenvalue weighted by molar-refractivity contribution is 7.89. The van der Waals surface area contributed by atoms with Crippen LogP contribution >= 0.6 is 0 Å². The minimum absolute atomic E-state index is 0.0109. The molecule has 0 saturated heterocycles. The first-order chi connectivity index (χ1) is 8.12. The molecule has 7 heteroatoms. The van der Waals surface area contributed by atoms with Crippen LogP contribution in [0.2, 0.25) is 0 Å². The highest BCUT2D eigenvalue weighted by Gasteiger charge is 2.19. The van der Waals surface area contributed by atoms with Gasteiger partial charge in [0.1, 0.15) is 0 Å².